The van der Waals surface area contributed by atoms with E-state index in [1.807, 2.05) is 0 Å². The van der Waals surface area contributed by atoms with Crippen LogP contribution in [0.15, 0.2) is 4.42 Å². The van der Waals surface area contributed by atoms with Crippen molar-refractivity contribution in [2.24, 2.45) is 0 Å². The second-order valence-corrected chi connectivity index (χ2v) is 6.09. The number of carbonyl (C=O) groups excluding carboxylic acids is 1. The van der Waals surface area contributed by atoms with Crippen molar-refractivity contribution in [1.29, 1.82) is 0 Å². The van der Waals surface area contributed by atoms with Gasteiger partial charge < -0.3 is 9.15 Å². The normalized spacial score (nSPS) is 11.8. The lowest BCUT2D eigenvalue weighted by molar-refractivity contribution is -0.140. The summed E-state index contributed by atoms with van der Waals surface area (Å²) in [6.07, 6.45) is -0.00880. The molecule has 0 bridgehead atoms. The van der Waals surface area contributed by atoms with Gasteiger partial charge in [0.25, 0.3) is 10.2 Å². The van der Waals surface area contributed by atoms with Gasteiger partial charge in [-0.2, -0.15) is 17.4 Å². The summed E-state index contributed by atoms with van der Waals surface area (Å²) in [7, 11) is -1.07. The van der Waals surface area contributed by atoms with Gasteiger partial charge in [0.2, 0.25) is 5.89 Å². The summed E-state index contributed by atoms with van der Waals surface area (Å²) < 4.78 is 36.9. The van der Waals surface area contributed by atoms with Crippen LogP contribution in [0, 0.1) is 13.8 Å². The van der Waals surface area contributed by atoms with Crippen LogP contribution in [0.3, 0.4) is 0 Å². The second kappa shape index (κ2) is 6.82. The minimum Gasteiger partial charge on any atom is -0.469 e. The van der Waals surface area contributed by atoms with Gasteiger partial charge in [0, 0.05) is 13.6 Å². The molecular weight excluding hydrogens is 286 g/mol. The molecule has 0 radical (unpaired) electrons. The van der Waals surface area contributed by atoms with Crippen molar-refractivity contribution in [2.75, 3.05) is 20.7 Å². The van der Waals surface area contributed by atoms with Crippen molar-refractivity contribution in [3.63, 3.8) is 0 Å². The van der Waals surface area contributed by atoms with Gasteiger partial charge in [0.15, 0.2) is 0 Å². The van der Waals surface area contributed by atoms with E-state index in [1.165, 1.54) is 14.2 Å². The number of ether oxygens (including phenoxy) is 1. The largest absolute Gasteiger partial charge is 0.469 e. The van der Waals surface area contributed by atoms with Crippen LogP contribution in [0.4, 0.5) is 0 Å². The van der Waals surface area contributed by atoms with Gasteiger partial charge in [-0.25, -0.2) is 4.98 Å². The molecule has 114 valence electrons. The van der Waals surface area contributed by atoms with E-state index in [0.717, 1.165) is 10.00 Å². The average molecular weight is 305 g/mol. The van der Waals surface area contributed by atoms with Crippen molar-refractivity contribution in [3.05, 3.63) is 17.3 Å². The topological polar surface area (TPSA) is 102 Å². The highest BCUT2D eigenvalue weighted by Gasteiger charge is 2.19. The summed E-state index contributed by atoms with van der Waals surface area (Å²) in [6.45, 7) is 3.52. The highest BCUT2D eigenvalue weighted by molar-refractivity contribution is 7.87. The Morgan fingerprint density at radius 1 is 1.45 bits per heavy atom. The van der Waals surface area contributed by atoms with E-state index in [-0.39, 0.29) is 19.5 Å². The molecule has 1 aromatic rings. The number of oxazole rings is 1. The number of methoxy groups -OCH3 is 1. The Labute approximate surface area is 118 Å². The van der Waals surface area contributed by atoms with Gasteiger partial charge in [-0.05, 0) is 13.8 Å². The first-order valence-corrected chi connectivity index (χ1v) is 7.41. The molecule has 0 saturated carbocycles. The lowest BCUT2D eigenvalue weighted by atomic mass is 10.4. The number of aryl methyl sites for hydroxylation is 2. The fraction of sp³-hybridized carbons (Fsp3) is 0.636. The zero-order valence-corrected chi connectivity index (χ0v) is 12.8. The van der Waals surface area contributed by atoms with Crippen molar-refractivity contribution < 1.29 is 22.4 Å². The van der Waals surface area contributed by atoms with Crippen LogP contribution in [0.1, 0.15) is 23.8 Å². The van der Waals surface area contributed by atoms with Crippen molar-refractivity contribution in [2.45, 2.75) is 26.8 Å². The highest BCUT2D eigenvalue weighted by atomic mass is 32.2. The minimum atomic E-state index is -3.69. The maximum Gasteiger partial charge on any atom is 0.306 e. The van der Waals surface area contributed by atoms with E-state index >= 15 is 0 Å². The van der Waals surface area contributed by atoms with E-state index < -0.39 is 16.2 Å². The molecule has 0 spiro atoms. The predicted molar refractivity (Wildman–Crippen MR) is 71.0 cm³/mol. The fourth-order valence-electron chi connectivity index (χ4n) is 1.35. The lowest BCUT2D eigenvalue weighted by Crippen LogP contribution is -2.39. The standard InChI is InChI=1S/C11H19N3O5S/c1-8-9(2)19-10(13-8)7-12-20(16,17)14(3)6-5-11(15)18-4/h12H,5-7H2,1-4H3. The molecule has 0 aliphatic rings. The molecule has 0 aromatic carbocycles. The molecule has 9 heteroatoms. The Hall–Kier alpha value is -1.45. The van der Waals surface area contributed by atoms with Gasteiger partial charge in [-0.15, -0.1) is 0 Å². The van der Waals surface area contributed by atoms with Gasteiger partial charge in [0.1, 0.15) is 5.76 Å². The van der Waals surface area contributed by atoms with Gasteiger partial charge in [-0.1, -0.05) is 0 Å². The SMILES string of the molecule is COC(=O)CCN(C)S(=O)(=O)NCc1nc(C)c(C)o1. The zero-order valence-electron chi connectivity index (χ0n) is 12.0. The molecule has 1 aromatic heterocycles. The third kappa shape index (κ3) is 4.58. The number of esters is 1. The molecule has 0 aliphatic carbocycles. The predicted octanol–water partition coefficient (Wildman–Crippen LogP) is 0.121. The molecular formula is C11H19N3O5S. The zero-order chi connectivity index (χ0) is 15.3. The number of hydrogen-bond acceptors (Lipinski definition) is 6. The molecule has 0 saturated heterocycles. The van der Waals surface area contributed by atoms with Crippen molar-refractivity contribution in [3.8, 4) is 0 Å². The summed E-state index contributed by atoms with van der Waals surface area (Å²) in [5, 5.41) is 0. The molecule has 1 rings (SSSR count). The molecule has 1 heterocycles. The van der Waals surface area contributed by atoms with E-state index in [9.17, 15) is 13.2 Å². The van der Waals surface area contributed by atoms with Crippen LogP contribution in [0.5, 0.6) is 0 Å². The molecule has 20 heavy (non-hydrogen) atoms. The summed E-state index contributed by atoms with van der Waals surface area (Å²) in [4.78, 5) is 15.0. The molecule has 1 N–H and O–H groups in total. The number of carbonyl (C=O) groups is 1. The number of rotatable bonds is 7. The van der Waals surface area contributed by atoms with Crippen LogP contribution >= 0.6 is 0 Å². The average Bonchev–Trinajstić information content (AvgIpc) is 2.72. The van der Waals surface area contributed by atoms with Gasteiger partial charge in [0.05, 0.1) is 25.8 Å². The van der Waals surface area contributed by atoms with E-state index in [4.69, 9.17) is 4.42 Å². The number of nitrogens with one attached hydrogen (secondary N) is 1. The molecule has 0 amide bonds. The number of nitrogens with zero attached hydrogens (tertiary/aromatic N) is 2. The number of aromatic nitrogens is 1. The van der Waals surface area contributed by atoms with Gasteiger partial charge in [-0.3, -0.25) is 4.79 Å². The first kappa shape index (κ1) is 16.6. The lowest BCUT2D eigenvalue weighted by Gasteiger charge is -2.16. The highest BCUT2D eigenvalue weighted by Crippen LogP contribution is 2.08. The summed E-state index contributed by atoms with van der Waals surface area (Å²) in [6, 6.07) is 0. The maximum absolute atomic E-state index is 11.9. The molecule has 0 atom stereocenters. The fourth-order valence-corrected chi connectivity index (χ4v) is 2.21. The van der Waals surface area contributed by atoms with Crippen molar-refractivity contribution >= 4 is 16.2 Å². The Balaban J connectivity index is 2.54. The Morgan fingerprint density at radius 3 is 2.60 bits per heavy atom. The Kier molecular flexibility index (Phi) is 5.66. The second-order valence-electron chi connectivity index (χ2n) is 4.22. The molecule has 0 aliphatic heterocycles. The molecule has 8 nitrogen and oxygen atoms in total. The van der Waals surface area contributed by atoms with E-state index in [2.05, 4.69) is 14.4 Å². The monoisotopic (exact) mass is 305 g/mol. The maximum atomic E-state index is 11.9. The first-order chi connectivity index (χ1) is 9.26. The smallest absolute Gasteiger partial charge is 0.306 e. The van der Waals surface area contributed by atoms with Crippen LogP contribution in [0.2, 0.25) is 0 Å². The number of hydrogen-bond donors (Lipinski definition) is 1. The quantitative estimate of drug-likeness (QED) is 0.718. The third-order valence-electron chi connectivity index (χ3n) is 2.75. The summed E-state index contributed by atoms with van der Waals surface area (Å²) >= 11 is 0. The molecule has 0 fully saturated rings. The van der Waals surface area contributed by atoms with E-state index in [0.29, 0.717) is 11.7 Å². The Bertz CT molecular complexity index is 547. The van der Waals surface area contributed by atoms with Gasteiger partial charge >= 0.3 is 5.97 Å². The van der Waals surface area contributed by atoms with Crippen LogP contribution in [-0.4, -0.2) is 44.4 Å². The van der Waals surface area contributed by atoms with Crippen molar-refractivity contribution in [1.82, 2.24) is 14.0 Å². The first-order valence-electron chi connectivity index (χ1n) is 5.97. The van der Waals surface area contributed by atoms with Crippen LogP contribution in [-0.2, 0) is 26.3 Å². The minimum absolute atomic E-state index is 0.00880. The third-order valence-corrected chi connectivity index (χ3v) is 4.26. The van der Waals surface area contributed by atoms with Crippen LogP contribution < -0.4 is 4.72 Å². The van der Waals surface area contributed by atoms with E-state index in [1.54, 1.807) is 13.8 Å². The Morgan fingerprint density at radius 2 is 2.10 bits per heavy atom. The molecule has 0 unspecified atom stereocenters. The summed E-state index contributed by atoms with van der Waals surface area (Å²) in [5.74, 6) is 0.481. The summed E-state index contributed by atoms with van der Waals surface area (Å²) in [5.41, 5.74) is 0.721. The van der Waals surface area contributed by atoms with Crippen LogP contribution in [0.25, 0.3) is 0 Å².